The SMILES string of the molecule is CCOC(=O)C(C#N)CC1SC(CCNc2cccc(CN3CCN(S(=O)(=O)N(C)C)CC3)c2)C(=O)N1CC. The van der Waals surface area contributed by atoms with Gasteiger partial charge in [0.25, 0.3) is 10.2 Å². The second kappa shape index (κ2) is 14.3. The van der Waals surface area contributed by atoms with Crippen LogP contribution >= 0.6 is 11.8 Å². The summed E-state index contributed by atoms with van der Waals surface area (Å²) >= 11 is 1.52. The Morgan fingerprint density at radius 1 is 1.26 bits per heavy atom. The van der Waals surface area contributed by atoms with Gasteiger partial charge in [-0.05, 0) is 38.0 Å². The number of hydrogen-bond donors (Lipinski definition) is 1. The van der Waals surface area contributed by atoms with E-state index in [9.17, 15) is 23.3 Å². The summed E-state index contributed by atoms with van der Waals surface area (Å²) in [5.74, 6) is -1.38. The number of nitriles is 1. The maximum absolute atomic E-state index is 13.0. The topological polar surface area (TPSA) is 126 Å². The summed E-state index contributed by atoms with van der Waals surface area (Å²) in [7, 11) is -0.277. The summed E-state index contributed by atoms with van der Waals surface area (Å²) in [6.45, 7) is 7.98. The van der Waals surface area contributed by atoms with Gasteiger partial charge in [0.05, 0.1) is 23.3 Å². The molecule has 0 bridgehead atoms. The highest BCUT2D eigenvalue weighted by Gasteiger charge is 2.41. The number of amides is 1. The van der Waals surface area contributed by atoms with Crippen LogP contribution in [0.25, 0.3) is 0 Å². The minimum absolute atomic E-state index is 0.0408. The molecule has 0 spiro atoms. The molecule has 216 valence electrons. The van der Waals surface area contributed by atoms with E-state index in [1.54, 1.807) is 25.9 Å². The maximum atomic E-state index is 13.0. The average Bonchev–Trinajstić information content (AvgIpc) is 3.21. The van der Waals surface area contributed by atoms with Crippen molar-refractivity contribution in [1.82, 2.24) is 18.4 Å². The van der Waals surface area contributed by atoms with Crippen molar-refractivity contribution in [2.45, 2.75) is 43.9 Å². The van der Waals surface area contributed by atoms with Crippen LogP contribution in [0.4, 0.5) is 5.69 Å². The fraction of sp³-hybridized carbons (Fsp3) is 0.654. The van der Waals surface area contributed by atoms with Gasteiger partial charge in [0.1, 0.15) is 5.92 Å². The largest absolute Gasteiger partial charge is 0.465 e. The van der Waals surface area contributed by atoms with Crippen LogP contribution in [0.2, 0.25) is 0 Å². The van der Waals surface area contributed by atoms with Gasteiger partial charge in [-0.3, -0.25) is 14.5 Å². The first-order valence-electron chi connectivity index (χ1n) is 13.4. The molecule has 2 aliphatic rings. The highest BCUT2D eigenvalue weighted by molar-refractivity contribution is 8.01. The molecule has 3 unspecified atom stereocenters. The molecular formula is C26H40N6O5S2. The summed E-state index contributed by atoms with van der Waals surface area (Å²) in [4.78, 5) is 29.1. The molecule has 2 heterocycles. The van der Waals surface area contributed by atoms with Gasteiger partial charge >= 0.3 is 5.97 Å². The Kier molecular flexibility index (Phi) is 11.4. The zero-order valence-electron chi connectivity index (χ0n) is 23.2. The van der Waals surface area contributed by atoms with E-state index in [0.29, 0.717) is 45.7 Å². The van der Waals surface area contributed by atoms with Crippen molar-refractivity contribution in [2.24, 2.45) is 5.92 Å². The van der Waals surface area contributed by atoms with Crippen LogP contribution in [-0.2, 0) is 31.1 Å². The molecule has 1 amide bonds. The van der Waals surface area contributed by atoms with Crippen LogP contribution < -0.4 is 5.32 Å². The maximum Gasteiger partial charge on any atom is 0.323 e. The molecule has 1 N–H and O–H groups in total. The van der Waals surface area contributed by atoms with Gasteiger partial charge in [-0.1, -0.05) is 12.1 Å². The van der Waals surface area contributed by atoms with Crippen molar-refractivity contribution in [3.63, 3.8) is 0 Å². The van der Waals surface area contributed by atoms with Crippen LogP contribution in [0.3, 0.4) is 0 Å². The number of nitrogens with zero attached hydrogens (tertiary/aromatic N) is 5. The number of rotatable bonds is 13. The number of thioether (sulfide) groups is 1. The minimum atomic E-state index is -3.38. The number of esters is 1. The predicted molar refractivity (Wildman–Crippen MR) is 152 cm³/mol. The lowest BCUT2D eigenvalue weighted by Gasteiger charge is -2.35. The molecule has 2 fully saturated rings. The normalized spacial score (nSPS) is 21.6. The second-order valence-corrected chi connectivity index (χ2v) is 13.3. The van der Waals surface area contributed by atoms with Crippen LogP contribution in [-0.4, -0.2) is 109 Å². The molecule has 0 saturated carbocycles. The van der Waals surface area contributed by atoms with E-state index < -0.39 is 22.1 Å². The van der Waals surface area contributed by atoms with E-state index >= 15 is 0 Å². The number of nitrogens with one attached hydrogen (secondary N) is 1. The molecular weight excluding hydrogens is 540 g/mol. The number of ether oxygens (including phenoxy) is 1. The third-order valence-electron chi connectivity index (χ3n) is 6.92. The molecule has 3 atom stereocenters. The number of anilines is 1. The highest BCUT2D eigenvalue weighted by atomic mass is 32.2. The molecule has 0 aromatic heterocycles. The standard InChI is InChI=1S/C26H40N6O5S2/c1-5-32-24(17-21(18-27)26(34)37-6-2)38-23(25(32)33)10-11-28-22-9-7-8-20(16-22)19-30-12-14-31(15-13-30)39(35,36)29(3)4/h7-9,16,21,23-24,28H,5-6,10-15,17,19H2,1-4H3. The summed E-state index contributed by atoms with van der Waals surface area (Å²) in [6.07, 6.45) is 0.889. The fourth-order valence-corrected chi connectivity index (χ4v) is 7.44. The lowest BCUT2D eigenvalue weighted by atomic mass is 10.1. The van der Waals surface area contributed by atoms with E-state index in [1.807, 2.05) is 25.1 Å². The second-order valence-electron chi connectivity index (χ2n) is 9.75. The Labute approximate surface area is 236 Å². The summed E-state index contributed by atoms with van der Waals surface area (Å²) in [6, 6.07) is 10.2. The molecule has 2 aliphatic heterocycles. The Hall–Kier alpha value is -2.37. The molecule has 0 radical (unpaired) electrons. The number of hydrogen-bond acceptors (Lipinski definition) is 9. The van der Waals surface area contributed by atoms with Gasteiger partial charge in [0.15, 0.2) is 0 Å². The Balaban J connectivity index is 1.49. The first kappa shape index (κ1) is 31.2. The quantitative estimate of drug-likeness (QED) is 0.348. The lowest BCUT2D eigenvalue weighted by molar-refractivity contribution is -0.146. The van der Waals surface area contributed by atoms with Gasteiger partial charge in [-0.2, -0.15) is 22.3 Å². The van der Waals surface area contributed by atoms with Gasteiger partial charge < -0.3 is 15.0 Å². The van der Waals surface area contributed by atoms with E-state index in [4.69, 9.17) is 4.74 Å². The first-order chi connectivity index (χ1) is 18.6. The zero-order valence-corrected chi connectivity index (χ0v) is 24.8. The van der Waals surface area contributed by atoms with Gasteiger partial charge in [0, 0.05) is 72.0 Å². The number of carbonyl (C=O) groups is 2. The Morgan fingerprint density at radius 3 is 2.59 bits per heavy atom. The fourth-order valence-electron chi connectivity index (χ4n) is 4.76. The molecule has 0 aliphatic carbocycles. The van der Waals surface area contributed by atoms with Crippen molar-refractivity contribution >= 4 is 39.5 Å². The Morgan fingerprint density at radius 2 is 1.97 bits per heavy atom. The zero-order chi connectivity index (χ0) is 28.6. The van der Waals surface area contributed by atoms with Crippen LogP contribution in [0, 0.1) is 17.2 Å². The molecule has 13 heteroatoms. The van der Waals surface area contributed by atoms with Crippen LogP contribution in [0.5, 0.6) is 0 Å². The summed E-state index contributed by atoms with van der Waals surface area (Å²) in [5.41, 5.74) is 2.10. The number of piperazine rings is 1. The van der Waals surface area contributed by atoms with Crippen molar-refractivity contribution in [2.75, 3.05) is 65.3 Å². The minimum Gasteiger partial charge on any atom is -0.465 e. The Bertz CT molecular complexity index is 1130. The van der Waals surface area contributed by atoms with Gasteiger partial charge in [0.2, 0.25) is 5.91 Å². The van der Waals surface area contributed by atoms with E-state index in [2.05, 4.69) is 22.3 Å². The smallest absolute Gasteiger partial charge is 0.323 e. The van der Waals surface area contributed by atoms with Gasteiger partial charge in [-0.25, -0.2) is 0 Å². The van der Waals surface area contributed by atoms with Crippen molar-refractivity contribution in [3.05, 3.63) is 29.8 Å². The number of carbonyl (C=O) groups excluding carboxylic acids is 2. The summed E-state index contributed by atoms with van der Waals surface area (Å²) < 4.78 is 32.5. The van der Waals surface area contributed by atoms with Crippen molar-refractivity contribution in [1.29, 1.82) is 5.26 Å². The third kappa shape index (κ3) is 8.08. The number of benzene rings is 1. The lowest BCUT2D eigenvalue weighted by Crippen LogP contribution is -2.51. The molecule has 11 nitrogen and oxygen atoms in total. The van der Waals surface area contributed by atoms with Crippen LogP contribution in [0.1, 0.15) is 32.3 Å². The average molecular weight is 581 g/mol. The molecule has 3 rings (SSSR count). The van der Waals surface area contributed by atoms with Crippen molar-refractivity contribution in [3.8, 4) is 6.07 Å². The molecule has 2 saturated heterocycles. The monoisotopic (exact) mass is 580 g/mol. The summed E-state index contributed by atoms with van der Waals surface area (Å²) in [5, 5.41) is 12.4. The predicted octanol–water partition coefficient (Wildman–Crippen LogP) is 1.80. The van der Waals surface area contributed by atoms with E-state index in [-0.39, 0.29) is 29.6 Å². The van der Waals surface area contributed by atoms with Crippen molar-refractivity contribution < 1.29 is 22.7 Å². The van der Waals surface area contributed by atoms with E-state index in [0.717, 1.165) is 17.8 Å². The first-order valence-corrected chi connectivity index (χ1v) is 15.7. The van der Waals surface area contributed by atoms with Gasteiger partial charge in [-0.15, -0.1) is 11.8 Å². The van der Waals surface area contributed by atoms with Crippen LogP contribution in [0.15, 0.2) is 24.3 Å². The van der Waals surface area contributed by atoms with E-state index in [1.165, 1.54) is 20.4 Å². The molecule has 1 aromatic carbocycles. The molecule has 1 aromatic rings. The molecule has 39 heavy (non-hydrogen) atoms. The highest BCUT2D eigenvalue weighted by Crippen LogP contribution is 2.37. The third-order valence-corrected chi connectivity index (χ3v) is 10.4.